The molecule has 198 valence electrons. The third-order valence-electron chi connectivity index (χ3n) is 6.26. The lowest BCUT2D eigenvalue weighted by Gasteiger charge is -2.11. The molecule has 6 rings (SSSR count). The standard InChI is InChI=1S/C31H20BrCl2N3O3/c1-18-5-4-6-19(11-18)17-39-29-24(33)12-20(13-25(29)34)16-35-37-30(36-26-8-3-2-7-23(26)31(37)38)28-15-21-14-22(32)9-10-27(21)40-28/h2-16H,17H2,1H3. The highest BCUT2D eigenvalue weighted by Gasteiger charge is 2.17. The van der Waals surface area contributed by atoms with Gasteiger partial charge in [-0.3, -0.25) is 4.79 Å². The molecule has 0 aliphatic heterocycles. The summed E-state index contributed by atoms with van der Waals surface area (Å²) >= 11 is 16.6. The number of para-hydroxylation sites is 1. The molecular weight excluding hydrogens is 613 g/mol. The van der Waals surface area contributed by atoms with E-state index in [2.05, 4.69) is 21.0 Å². The second-order valence-electron chi connectivity index (χ2n) is 9.20. The molecule has 0 aliphatic carbocycles. The molecule has 2 aromatic heterocycles. The summed E-state index contributed by atoms with van der Waals surface area (Å²) in [4.78, 5) is 18.2. The SMILES string of the molecule is Cc1cccc(COc2c(Cl)cc(C=Nn3c(-c4cc5cc(Br)ccc5o4)nc4ccccc4c3=O)cc2Cl)c1. The average Bonchev–Trinajstić information content (AvgIpc) is 3.35. The fraction of sp³-hybridized carbons (Fsp3) is 0.0645. The number of rotatable bonds is 6. The number of hydrogen-bond donors (Lipinski definition) is 0. The molecule has 0 N–H and O–H groups in total. The predicted octanol–water partition coefficient (Wildman–Crippen LogP) is 8.65. The van der Waals surface area contributed by atoms with Crippen LogP contribution in [0.4, 0.5) is 0 Å². The zero-order chi connectivity index (χ0) is 27.8. The number of hydrogen-bond acceptors (Lipinski definition) is 5. The fourth-order valence-corrected chi connectivity index (χ4v) is 5.38. The van der Waals surface area contributed by atoms with Crippen LogP contribution in [-0.2, 0) is 6.61 Å². The Morgan fingerprint density at radius 1 is 1.00 bits per heavy atom. The number of ether oxygens (including phenoxy) is 1. The van der Waals surface area contributed by atoms with Crippen LogP contribution in [0.2, 0.25) is 10.0 Å². The Morgan fingerprint density at radius 3 is 2.60 bits per heavy atom. The summed E-state index contributed by atoms with van der Waals surface area (Å²) in [6.07, 6.45) is 1.50. The molecule has 0 bridgehead atoms. The molecule has 4 aromatic carbocycles. The fourth-order valence-electron chi connectivity index (χ4n) is 4.39. The number of fused-ring (bicyclic) bond motifs is 2. The minimum Gasteiger partial charge on any atom is -0.486 e. The molecule has 0 saturated carbocycles. The van der Waals surface area contributed by atoms with Crippen LogP contribution < -0.4 is 10.3 Å². The van der Waals surface area contributed by atoms with Crippen molar-refractivity contribution in [2.45, 2.75) is 13.5 Å². The van der Waals surface area contributed by atoms with Crippen LogP contribution >= 0.6 is 39.1 Å². The Labute approximate surface area is 247 Å². The molecule has 0 saturated heterocycles. The van der Waals surface area contributed by atoms with E-state index in [0.717, 1.165) is 21.0 Å². The summed E-state index contributed by atoms with van der Waals surface area (Å²) in [6, 6.07) is 26.0. The first kappa shape index (κ1) is 26.3. The Balaban J connectivity index is 1.38. The van der Waals surface area contributed by atoms with E-state index in [1.54, 1.807) is 30.3 Å². The molecule has 0 spiro atoms. The molecule has 6 aromatic rings. The molecule has 0 fully saturated rings. The van der Waals surface area contributed by atoms with Gasteiger partial charge in [0.05, 0.1) is 27.2 Å². The highest BCUT2D eigenvalue weighted by Crippen LogP contribution is 2.35. The van der Waals surface area contributed by atoms with E-state index in [1.165, 1.54) is 10.9 Å². The van der Waals surface area contributed by atoms with Gasteiger partial charge in [0.15, 0.2) is 11.5 Å². The first-order valence-corrected chi connectivity index (χ1v) is 13.8. The molecule has 9 heteroatoms. The normalized spacial score (nSPS) is 11.6. The molecule has 0 unspecified atom stereocenters. The van der Waals surface area contributed by atoms with Crippen molar-refractivity contribution in [3.8, 4) is 17.3 Å². The van der Waals surface area contributed by atoms with Crippen LogP contribution in [0, 0.1) is 6.92 Å². The van der Waals surface area contributed by atoms with Crippen molar-refractivity contribution in [3.63, 3.8) is 0 Å². The zero-order valence-electron chi connectivity index (χ0n) is 21.1. The van der Waals surface area contributed by atoms with Crippen molar-refractivity contribution in [2.75, 3.05) is 0 Å². The monoisotopic (exact) mass is 631 g/mol. The van der Waals surface area contributed by atoms with Crippen molar-refractivity contribution in [3.05, 3.63) is 126 Å². The van der Waals surface area contributed by atoms with Gasteiger partial charge in [0, 0.05) is 9.86 Å². The van der Waals surface area contributed by atoms with Crippen molar-refractivity contribution in [1.82, 2.24) is 9.66 Å². The summed E-state index contributed by atoms with van der Waals surface area (Å²) in [5.74, 6) is 1.05. The van der Waals surface area contributed by atoms with E-state index in [1.807, 2.05) is 61.5 Å². The Kier molecular flexibility index (Phi) is 7.19. The molecule has 40 heavy (non-hydrogen) atoms. The van der Waals surface area contributed by atoms with Gasteiger partial charge in [-0.1, -0.05) is 81.1 Å². The minimum absolute atomic E-state index is 0.266. The van der Waals surface area contributed by atoms with E-state index in [0.29, 0.717) is 50.2 Å². The third kappa shape index (κ3) is 5.28. The summed E-state index contributed by atoms with van der Waals surface area (Å²) in [6.45, 7) is 2.34. The van der Waals surface area contributed by atoms with Gasteiger partial charge in [-0.2, -0.15) is 9.78 Å². The van der Waals surface area contributed by atoms with Crippen LogP contribution in [0.1, 0.15) is 16.7 Å². The Hall–Kier alpha value is -3.91. The van der Waals surface area contributed by atoms with Gasteiger partial charge in [0.25, 0.3) is 5.56 Å². The highest BCUT2D eigenvalue weighted by molar-refractivity contribution is 9.10. The van der Waals surface area contributed by atoms with Gasteiger partial charge in [-0.15, -0.1) is 0 Å². The smallest absolute Gasteiger partial charge is 0.282 e. The van der Waals surface area contributed by atoms with Crippen LogP contribution in [-0.4, -0.2) is 15.9 Å². The second-order valence-corrected chi connectivity index (χ2v) is 10.9. The number of aromatic nitrogens is 2. The van der Waals surface area contributed by atoms with Crippen LogP contribution in [0.25, 0.3) is 33.5 Å². The van der Waals surface area contributed by atoms with Gasteiger partial charge >= 0.3 is 0 Å². The molecule has 6 nitrogen and oxygen atoms in total. The number of nitrogens with zero attached hydrogens (tertiary/aromatic N) is 3. The molecular formula is C31H20BrCl2N3O3. The molecule has 2 heterocycles. The Bertz CT molecular complexity index is 1980. The lowest BCUT2D eigenvalue weighted by Crippen LogP contribution is -2.20. The van der Waals surface area contributed by atoms with E-state index in [-0.39, 0.29) is 11.4 Å². The lowest BCUT2D eigenvalue weighted by atomic mass is 10.1. The van der Waals surface area contributed by atoms with E-state index in [9.17, 15) is 4.79 Å². The third-order valence-corrected chi connectivity index (χ3v) is 7.32. The van der Waals surface area contributed by atoms with Crippen molar-refractivity contribution < 1.29 is 9.15 Å². The predicted molar refractivity (Wildman–Crippen MR) is 164 cm³/mol. The van der Waals surface area contributed by atoms with Crippen molar-refractivity contribution >= 4 is 67.2 Å². The zero-order valence-corrected chi connectivity index (χ0v) is 24.2. The summed E-state index contributed by atoms with van der Waals surface area (Å²) < 4.78 is 14.1. The van der Waals surface area contributed by atoms with Gasteiger partial charge in [-0.05, 0) is 66.6 Å². The summed E-state index contributed by atoms with van der Waals surface area (Å²) in [5, 5.41) is 6.44. The maximum atomic E-state index is 13.5. The maximum Gasteiger partial charge on any atom is 0.282 e. The number of halogens is 3. The molecule has 0 amide bonds. The lowest BCUT2D eigenvalue weighted by molar-refractivity contribution is 0.306. The van der Waals surface area contributed by atoms with Gasteiger partial charge in [-0.25, -0.2) is 4.98 Å². The maximum absolute atomic E-state index is 13.5. The van der Waals surface area contributed by atoms with Crippen LogP contribution in [0.5, 0.6) is 5.75 Å². The van der Waals surface area contributed by atoms with E-state index >= 15 is 0 Å². The quantitative estimate of drug-likeness (QED) is 0.172. The number of aryl methyl sites for hydroxylation is 1. The first-order chi connectivity index (χ1) is 19.4. The summed E-state index contributed by atoms with van der Waals surface area (Å²) in [7, 11) is 0. The van der Waals surface area contributed by atoms with Gasteiger partial charge < -0.3 is 9.15 Å². The second kappa shape index (κ2) is 10.9. The molecule has 0 radical (unpaired) electrons. The molecule has 0 aliphatic rings. The summed E-state index contributed by atoms with van der Waals surface area (Å²) in [5.41, 5.74) is 3.59. The number of benzene rings is 4. The van der Waals surface area contributed by atoms with Crippen molar-refractivity contribution in [2.24, 2.45) is 5.10 Å². The van der Waals surface area contributed by atoms with E-state index in [4.69, 9.17) is 37.3 Å². The minimum atomic E-state index is -0.339. The van der Waals surface area contributed by atoms with Crippen LogP contribution in [0.15, 0.2) is 104 Å². The Morgan fingerprint density at radius 2 is 1.80 bits per heavy atom. The first-order valence-electron chi connectivity index (χ1n) is 12.3. The molecule has 0 atom stereocenters. The van der Waals surface area contributed by atoms with Crippen molar-refractivity contribution in [1.29, 1.82) is 0 Å². The van der Waals surface area contributed by atoms with Gasteiger partial charge in [0.1, 0.15) is 12.2 Å². The number of furan rings is 1. The topological polar surface area (TPSA) is 69.6 Å². The van der Waals surface area contributed by atoms with Gasteiger partial charge in [0.2, 0.25) is 5.82 Å². The van der Waals surface area contributed by atoms with Crippen LogP contribution in [0.3, 0.4) is 0 Å². The van der Waals surface area contributed by atoms with E-state index < -0.39 is 0 Å². The highest BCUT2D eigenvalue weighted by atomic mass is 79.9. The largest absolute Gasteiger partial charge is 0.486 e. The average molecular weight is 633 g/mol.